The molecule has 10 nitrogen and oxygen atoms in total. The highest BCUT2D eigenvalue weighted by molar-refractivity contribution is 14.2. The number of carbonyl (C=O) groups is 4. The Morgan fingerprint density at radius 2 is 1.65 bits per heavy atom. The van der Waals surface area contributed by atoms with Gasteiger partial charge in [-0.05, 0) is 24.6 Å². The molecule has 1 saturated heterocycles. The number of carbonyl (C=O) groups excluding carboxylic acids is 4. The van der Waals surface area contributed by atoms with Crippen LogP contribution in [0.5, 0.6) is 5.75 Å². The zero-order valence-corrected chi connectivity index (χ0v) is 19.4. The molecule has 4 amide bonds. The largest absolute Gasteiger partial charge is 0.491 e. The average molecular weight is 564 g/mol. The van der Waals surface area contributed by atoms with Crippen molar-refractivity contribution in [2.45, 2.75) is 18.9 Å². The first-order valence-electron chi connectivity index (χ1n) is 9.57. The van der Waals surface area contributed by atoms with Gasteiger partial charge in [-0.1, -0.05) is 0 Å². The van der Waals surface area contributed by atoms with Gasteiger partial charge in [-0.25, -0.2) is 0 Å². The lowest BCUT2D eigenvalue weighted by molar-refractivity contribution is -0.136. The van der Waals surface area contributed by atoms with Crippen molar-refractivity contribution in [1.82, 2.24) is 10.2 Å². The highest BCUT2D eigenvalue weighted by Gasteiger charge is 2.44. The number of fused-ring (bicyclic) bond motifs is 1. The van der Waals surface area contributed by atoms with Gasteiger partial charge in [-0.2, -0.15) is 0 Å². The van der Waals surface area contributed by atoms with E-state index in [0.29, 0.717) is 38.8 Å². The van der Waals surface area contributed by atoms with E-state index in [1.165, 1.54) is 21.3 Å². The number of amides is 4. The molecule has 168 valence electrons. The summed E-state index contributed by atoms with van der Waals surface area (Å²) in [6, 6.07) is 3.58. The molecule has 1 aromatic rings. The van der Waals surface area contributed by atoms with Crippen LogP contribution in [0.3, 0.4) is 0 Å². The van der Waals surface area contributed by atoms with Crippen LogP contribution in [0.2, 0.25) is 0 Å². The topological polar surface area (TPSA) is 120 Å². The maximum atomic E-state index is 12.8. The van der Waals surface area contributed by atoms with E-state index in [-0.39, 0.29) is 30.6 Å². The molecule has 2 heterocycles. The van der Waals surface area contributed by atoms with E-state index >= 15 is 0 Å². The number of halogens is 1. The summed E-state index contributed by atoms with van der Waals surface area (Å²) < 4.78 is 21.4. The molecule has 12 heteroatoms. The van der Waals surface area contributed by atoms with Gasteiger partial charge in [0, 0.05) is 27.6 Å². The Bertz CT molecular complexity index is 852. The molecule has 2 aliphatic heterocycles. The lowest BCUT2D eigenvalue weighted by atomic mass is 10.0. The Labute approximate surface area is 195 Å². The molecule has 0 spiro atoms. The average Bonchev–Trinajstić information content (AvgIpc) is 2.99. The maximum absolute atomic E-state index is 12.8. The van der Waals surface area contributed by atoms with Gasteiger partial charge in [0.05, 0.1) is 53.4 Å². The van der Waals surface area contributed by atoms with E-state index in [1.807, 2.05) is 21.2 Å². The van der Waals surface area contributed by atoms with Crippen molar-refractivity contribution in [2.75, 3.05) is 39.6 Å². The Morgan fingerprint density at radius 3 is 2.35 bits per heavy atom. The van der Waals surface area contributed by atoms with Crippen molar-refractivity contribution in [3.05, 3.63) is 29.3 Å². The minimum Gasteiger partial charge on any atom is -0.491 e. The molecule has 0 saturated carbocycles. The Morgan fingerprint density at radius 1 is 0.968 bits per heavy atom. The number of nitrogens with one attached hydrogen (secondary N) is 1. The summed E-state index contributed by atoms with van der Waals surface area (Å²) >= 11 is 2.04. The number of hydrogen-bond acceptors (Lipinski definition) is 9. The molecular formula is C19H21IN2O8S. The quantitative estimate of drug-likeness (QED) is 0.174. The molecule has 0 aliphatic carbocycles. The van der Waals surface area contributed by atoms with Crippen LogP contribution in [-0.2, 0) is 23.2 Å². The van der Waals surface area contributed by atoms with Gasteiger partial charge in [0.15, 0.2) is 0 Å². The fourth-order valence-electron chi connectivity index (χ4n) is 3.20. The summed E-state index contributed by atoms with van der Waals surface area (Å²) in [5, 5.41) is 2.17. The van der Waals surface area contributed by atoms with Gasteiger partial charge < -0.3 is 18.4 Å². The highest BCUT2D eigenvalue weighted by atomic mass is 127. The van der Waals surface area contributed by atoms with Gasteiger partial charge in [-0.3, -0.25) is 29.4 Å². The number of rotatable bonds is 12. The zero-order chi connectivity index (χ0) is 22.2. The fourth-order valence-corrected chi connectivity index (χ4v) is 3.88. The van der Waals surface area contributed by atoms with Gasteiger partial charge in [0.1, 0.15) is 18.4 Å². The standard InChI is InChI=1S/C19H21IN2O8S/c20-31-30-10-8-28-6-5-27-7-9-29-12-1-2-13-14(11-12)19(26)22(18(13)25)15-3-4-16(23)21-17(15)24/h1-2,11,15H,3-10H2,(H,21,23,24). The SMILES string of the molecule is O=C1CCC(N2C(=O)c3ccc(OCCOCCOCCOSI)cc3C2=O)C(=O)N1. The molecule has 31 heavy (non-hydrogen) atoms. The molecule has 1 fully saturated rings. The van der Waals surface area contributed by atoms with Crippen LogP contribution >= 0.6 is 30.4 Å². The van der Waals surface area contributed by atoms with Crippen LogP contribution in [0.1, 0.15) is 33.6 Å². The van der Waals surface area contributed by atoms with E-state index in [1.54, 1.807) is 6.07 Å². The van der Waals surface area contributed by atoms with Crippen LogP contribution in [0.25, 0.3) is 0 Å². The lowest BCUT2D eigenvalue weighted by Gasteiger charge is -2.27. The van der Waals surface area contributed by atoms with Crippen LogP contribution in [0.15, 0.2) is 18.2 Å². The third kappa shape index (κ3) is 6.16. The Kier molecular flexibility index (Phi) is 9.07. The predicted molar refractivity (Wildman–Crippen MR) is 118 cm³/mol. The third-order valence-corrected chi connectivity index (χ3v) is 5.65. The van der Waals surface area contributed by atoms with Crippen molar-refractivity contribution in [3.63, 3.8) is 0 Å². The molecule has 1 aromatic carbocycles. The Hall–Kier alpha value is -1.74. The van der Waals surface area contributed by atoms with Crippen LogP contribution < -0.4 is 10.1 Å². The van der Waals surface area contributed by atoms with Gasteiger partial charge in [-0.15, -0.1) is 0 Å². The van der Waals surface area contributed by atoms with Gasteiger partial charge in [0.2, 0.25) is 11.8 Å². The van der Waals surface area contributed by atoms with E-state index in [4.69, 9.17) is 18.4 Å². The predicted octanol–water partition coefficient (Wildman–Crippen LogP) is 1.51. The minimum absolute atomic E-state index is 0.0779. The summed E-state index contributed by atoms with van der Waals surface area (Å²) in [5.74, 6) is -1.75. The molecule has 1 atom stereocenters. The number of piperidine rings is 1. The van der Waals surface area contributed by atoms with Crippen LogP contribution in [0.4, 0.5) is 0 Å². The van der Waals surface area contributed by atoms with Crippen LogP contribution in [-0.4, -0.2) is 74.2 Å². The Balaban J connectivity index is 1.46. The first kappa shape index (κ1) is 23.9. The second kappa shape index (κ2) is 11.8. The van der Waals surface area contributed by atoms with Crippen molar-refractivity contribution >= 4 is 54.0 Å². The molecule has 2 aliphatic rings. The summed E-state index contributed by atoms with van der Waals surface area (Å²) in [6.07, 6.45) is 0.194. The molecule has 0 radical (unpaired) electrons. The van der Waals surface area contributed by atoms with Gasteiger partial charge in [0.25, 0.3) is 11.8 Å². The van der Waals surface area contributed by atoms with E-state index in [0.717, 1.165) is 4.90 Å². The van der Waals surface area contributed by atoms with E-state index in [2.05, 4.69) is 5.32 Å². The first-order valence-corrected chi connectivity index (χ1v) is 12.9. The maximum Gasteiger partial charge on any atom is 0.262 e. The van der Waals surface area contributed by atoms with Gasteiger partial charge >= 0.3 is 0 Å². The summed E-state index contributed by atoms with van der Waals surface area (Å²) in [6.45, 7) is 2.45. The number of benzene rings is 1. The molecular weight excluding hydrogens is 543 g/mol. The molecule has 1 N–H and O–H groups in total. The van der Waals surface area contributed by atoms with Crippen molar-refractivity contribution < 1.29 is 37.6 Å². The van der Waals surface area contributed by atoms with E-state index < -0.39 is 29.7 Å². The van der Waals surface area contributed by atoms with Crippen LogP contribution in [0, 0.1) is 0 Å². The second-order valence-electron chi connectivity index (χ2n) is 6.61. The zero-order valence-electron chi connectivity index (χ0n) is 16.5. The number of imide groups is 2. The summed E-state index contributed by atoms with van der Waals surface area (Å²) in [5.41, 5.74) is 0.383. The van der Waals surface area contributed by atoms with Crippen molar-refractivity contribution in [3.8, 4) is 5.75 Å². The summed E-state index contributed by atoms with van der Waals surface area (Å²) in [4.78, 5) is 49.7. The third-order valence-electron chi connectivity index (χ3n) is 4.64. The molecule has 1 unspecified atom stereocenters. The molecule has 0 bridgehead atoms. The highest BCUT2D eigenvalue weighted by Crippen LogP contribution is 2.30. The molecule has 3 rings (SSSR count). The number of hydrogen-bond donors (Lipinski definition) is 1. The normalized spacial score (nSPS) is 18.4. The smallest absolute Gasteiger partial charge is 0.262 e. The van der Waals surface area contributed by atoms with Crippen molar-refractivity contribution in [2.24, 2.45) is 0 Å². The monoisotopic (exact) mass is 564 g/mol. The second-order valence-corrected chi connectivity index (χ2v) is 8.05. The van der Waals surface area contributed by atoms with E-state index in [9.17, 15) is 19.2 Å². The minimum atomic E-state index is -0.989. The number of ether oxygens (including phenoxy) is 3. The first-order chi connectivity index (χ1) is 15.0. The fraction of sp³-hybridized carbons (Fsp3) is 0.474. The summed E-state index contributed by atoms with van der Waals surface area (Å²) in [7, 11) is 1.26. The van der Waals surface area contributed by atoms with Crippen molar-refractivity contribution in [1.29, 1.82) is 0 Å². The lowest BCUT2D eigenvalue weighted by Crippen LogP contribution is -2.54. The number of nitrogens with zero attached hydrogens (tertiary/aromatic N) is 1. The molecule has 0 aromatic heterocycles.